The number of carbonyl (C=O) groups excluding carboxylic acids is 1. The maximum Gasteiger partial charge on any atom is 0.284 e. The van der Waals surface area contributed by atoms with Crippen LogP contribution in [0.2, 0.25) is 5.02 Å². The van der Waals surface area contributed by atoms with Crippen molar-refractivity contribution in [2.75, 3.05) is 6.61 Å². The number of ether oxygens (including phenoxy) is 2. The van der Waals surface area contributed by atoms with Crippen LogP contribution in [-0.4, -0.2) is 29.8 Å². The van der Waals surface area contributed by atoms with E-state index in [0.717, 1.165) is 0 Å². The van der Waals surface area contributed by atoms with E-state index in [1.807, 2.05) is 0 Å². The first-order valence-corrected chi connectivity index (χ1v) is 7.58. The number of hydrazone groups is 1. The van der Waals surface area contributed by atoms with Gasteiger partial charge in [0.05, 0.1) is 11.1 Å². The van der Waals surface area contributed by atoms with Crippen LogP contribution in [0.1, 0.15) is 5.56 Å². The zero-order valence-electron chi connectivity index (χ0n) is 12.7. The highest BCUT2D eigenvalue weighted by Gasteiger charge is 2.27. The number of hydrogen-bond acceptors (Lipinski definition) is 6. The number of non-ortho nitro benzene ring substituents is 1. The number of rotatable bonds is 4. The van der Waals surface area contributed by atoms with Crippen molar-refractivity contribution in [3.05, 3.63) is 63.2 Å². The molecule has 8 nitrogen and oxygen atoms in total. The second kappa shape index (κ2) is 7.18. The lowest BCUT2D eigenvalue weighted by Gasteiger charge is -2.24. The highest BCUT2D eigenvalue weighted by Crippen LogP contribution is 2.30. The maximum atomic E-state index is 12.1. The van der Waals surface area contributed by atoms with Crippen LogP contribution in [0.4, 0.5) is 5.69 Å². The van der Waals surface area contributed by atoms with Crippen LogP contribution < -0.4 is 14.9 Å². The molecule has 0 saturated heterocycles. The molecule has 2 aromatic carbocycles. The van der Waals surface area contributed by atoms with Crippen LogP contribution in [0.25, 0.3) is 0 Å². The van der Waals surface area contributed by atoms with E-state index < -0.39 is 16.9 Å². The quantitative estimate of drug-likeness (QED) is 0.512. The predicted octanol–water partition coefficient (Wildman–Crippen LogP) is 2.54. The molecule has 0 aliphatic carbocycles. The van der Waals surface area contributed by atoms with Crippen molar-refractivity contribution in [2.45, 2.75) is 6.10 Å². The number of nitrogens with one attached hydrogen (secondary N) is 1. The number of nitro groups is 1. The Labute approximate surface area is 147 Å². The van der Waals surface area contributed by atoms with Gasteiger partial charge in [0.1, 0.15) is 6.61 Å². The van der Waals surface area contributed by atoms with Gasteiger partial charge in [-0.1, -0.05) is 23.7 Å². The number of halogens is 1. The first-order valence-electron chi connectivity index (χ1n) is 7.20. The summed E-state index contributed by atoms with van der Waals surface area (Å²) in [6.07, 6.45) is 0.373. The molecule has 128 valence electrons. The first-order chi connectivity index (χ1) is 12.0. The van der Waals surface area contributed by atoms with Gasteiger partial charge < -0.3 is 9.47 Å². The second-order valence-corrected chi connectivity index (χ2v) is 5.47. The zero-order valence-corrected chi connectivity index (χ0v) is 13.5. The maximum absolute atomic E-state index is 12.1. The SMILES string of the molecule is O=C(N/N=C\c1cc([N+](=O)[O-])ccc1Cl)[C@H]1COc2ccccc2O1. The number of hydrogen-bond donors (Lipinski definition) is 1. The summed E-state index contributed by atoms with van der Waals surface area (Å²) in [6, 6.07) is 10.9. The number of carbonyl (C=O) groups is 1. The number of fused-ring (bicyclic) bond motifs is 1. The smallest absolute Gasteiger partial charge is 0.284 e. The largest absolute Gasteiger partial charge is 0.485 e. The molecule has 1 amide bonds. The highest BCUT2D eigenvalue weighted by atomic mass is 35.5. The summed E-state index contributed by atoms with van der Waals surface area (Å²) in [4.78, 5) is 22.3. The minimum Gasteiger partial charge on any atom is -0.485 e. The van der Waals surface area contributed by atoms with Gasteiger partial charge in [-0.2, -0.15) is 5.10 Å². The molecule has 0 aromatic heterocycles. The number of nitro benzene ring substituents is 1. The lowest BCUT2D eigenvalue weighted by molar-refractivity contribution is -0.384. The summed E-state index contributed by atoms with van der Waals surface area (Å²) in [5, 5.41) is 14.8. The van der Waals surface area contributed by atoms with Gasteiger partial charge >= 0.3 is 0 Å². The molecule has 3 rings (SSSR count). The van der Waals surface area contributed by atoms with Crippen molar-refractivity contribution in [3.63, 3.8) is 0 Å². The summed E-state index contributed by atoms with van der Waals surface area (Å²) >= 11 is 5.95. The Morgan fingerprint density at radius 2 is 2.08 bits per heavy atom. The molecule has 0 fully saturated rings. The van der Waals surface area contributed by atoms with Gasteiger partial charge in [-0.15, -0.1) is 0 Å². The number of benzene rings is 2. The fourth-order valence-electron chi connectivity index (χ4n) is 2.13. The fraction of sp³-hybridized carbons (Fsp3) is 0.125. The van der Waals surface area contributed by atoms with Crippen LogP contribution in [-0.2, 0) is 4.79 Å². The lowest BCUT2D eigenvalue weighted by atomic mass is 10.2. The number of para-hydroxylation sites is 2. The summed E-state index contributed by atoms with van der Waals surface area (Å²) in [5.41, 5.74) is 2.49. The third-order valence-electron chi connectivity index (χ3n) is 3.37. The standard InChI is InChI=1S/C16H12ClN3O5/c17-12-6-5-11(20(22)23)7-10(12)8-18-19-16(21)15-9-24-13-3-1-2-4-14(13)25-15/h1-8,15H,9H2,(H,19,21)/b18-8-/t15-/m1/s1. The van der Waals surface area contributed by atoms with Gasteiger partial charge in [0.25, 0.3) is 11.6 Å². The molecule has 0 spiro atoms. The van der Waals surface area contributed by atoms with E-state index >= 15 is 0 Å². The Morgan fingerprint density at radius 1 is 1.32 bits per heavy atom. The van der Waals surface area contributed by atoms with Crippen molar-refractivity contribution in [2.24, 2.45) is 5.10 Å². The summed E-state index contributed by atoms with van der Waals surface area (Å²) in [7, 11) is 0. The van der Waals surface area contributed by atoms with Gasteiger partial charge in [0, 0.05) is 22.7 Å². The molecule has 25 heavy (non-hydrogen) atoms. The van der Waals surface area contributed by atoms with E-state index in [1.54, 1.807) is 24.3 Å². The second-order valence-electron chi connectivity index (χ2n) is 5.06. The van der Waals surface area contributed by atoms with Crippen molar-refractivity contribution >= 4 is 29.4 Å². The number of nitrogens with zero attached hydrogens (tertiary/aromatic N) is 2. The van der Waals surface area contributed by atoms with Crippen LogP contribution >= 0.6 is 11.6 Å². The van der Waals surface area contributed by atoms with Gasteiger partial charge in [-0.25, -0.2) is 5.43 Å². The average molecular weight is 362 g/mol. The molecule has 9 heteroatoms. The molecule has 0 unspecified atom stereocenters. The van der Waals surface area contributed by atoms with Crippen LogP contribution in [0, 0.1) is 10.1 Å². The number of amides is 1. The van der Waals surface area contributed by atoms with Crippen LogP contribution in [0.5, 0.6) is 11.5 Å². The van der Waals surface area contributed by atoms with Crippen molar-refractivity contribution in [1.29, 1.82) is 0 Å². The fourth-order valence-corrected chi connectivity index (χ4v) is 2.30. The molecular weight excluding hydrogens is 350 g/mol. The summed E-state index contributed by atoms with van der Waals surface area (Å²) < 4.78 is 11.0. The van der Waals surface area contributed by atoms with Gasteiger partial charge in [-0.3, -0.25) is 14.9 Å². The summed E-state index contributed by atoms with van der Waals surface area (Å²) in [5.74, 6) is 0.533. The predicted molar refractivity (Wildman–Crippen MR) is 90.2 cm³/mol. The Morgan fingerprint density at radius 3 is 2.84 bits per heavy atom. The van der Waals surface area contributed by atoms with E-state index in [4.69, 9.17) is 21.1 Å². The van der Waals surface area contributed by atoms with E-state index in [2.05, 4.69) is 10.5 Å². The van der Waals surface area contributed by atoms with Crippen molar-refractivity contribution < 1.29 is 19.2 Å². The zero-order chi connectivity index (χ0) is 17.8. The molecule has 0 radical (unpaired) electrons. The van der Waals surface area contributed by atoms with E-state index in [9.17, 15) is 14.9 Å². The van der Waals surface area contributed by atoms with Crippen molar-refractivity contribution in [1.82, 2.24) is 5.43 Å². The molecular formula is C16H12ClN3O5. The molecule has 1 atom stereocenters. The molecule has 0 saturated carbocycles. The average Bonchev–Trinajstić information content (AvgIpc) is 2.62. The van der Waals surface area contributed by atoms with Gasteiger partial charge in [-0.05, 0) is 18.2 Å². The van der Waals surface area contributed by atoms with Gasteiger partial charge in [0.15, 0.2) is 11.5 Å². The molecule has 2 aromatic rings. The normalized spacial score (nSPS) is 15.8. The lowest BCUT2D eigenvalue weighted by Crippen LogP contribution is -2.42. The van der Waals surface area contributed by atoms with Crippen molar-refractivity contribution in [3.8, 4) is 11.5 Å². The topological polar surface area (TPSA) is 103 Å². The minimum atomic E-state index is -0.854. The highest BCUT2D eigenvalue weighted by molar-refractivity contribution is 6.33. The molecule has 1 aliphatic heterocycles. The third kappa shape index (κ3) is 3.86. The molecule has 0 bridgehead atoms. The minimum absolute atomic E-state index is 0.0515. The Balaban J connectivity index is 1.64. The molecule has 1 aliphatic rings. The molecule has 1 N–H and O–H groups in total. The van der Waals surface area contributed by atoms with E-state index in [1.165, 1.54) is 24.4 Å². The van der Waals surface area contributed by atoms with E-state index in [0.29, 0.717) is 17.1 Å². The summed E-state index contributed by atoms with van der Waals surface area (Å²) in [6.45, 7) is 0.0515. The van der Waals surface area contributed by atoms with Crippen LogP contribution in [0.15, 0.2) is 47.6 Å². The molecule has 1 heterocycles. The third-order valence-corrected chi connectivity index (χ3v) is 3.71. The van der Waals surface area contributed by atoms with Gasteiger partial charge in [0.2, 0.25) is 6.10 Å². The Bertz CT molecular complexity index is 855. The van der Waals surface area contributed by atoms with Crippen LogP contribution in [0.3, 0.4) is 0 Å². The monoisotopic (exact) mass is 361 g/mol. The Kier molecular flexibility index (Phi) is 4.80. The van der Waals surface area contributed by atoms with E-state index in [-0.39, 0.29) is 17.3 Å². The first kappa shape index (κ1) is 16.7. The Hall–Kier alpha value is -3.13.